The van der Waals surface area contributed by atoms with Gasteiger partial charge in [-0.15, -0.1) is 0 Å². The molecule has 12 nitrogen and oxygen atoms in total. The van der Waals surface area contributed by atoms with Crippen molar-refractivity contribution >= 4 is 41.0 Å². The Bertz CT molecular complexity index is 1730. The molecule has 4 rings (SSSR count). The molecule has 0 aliphatic carbocycles. The topological polar surface area (TPSA) is 174 Å². The highest BCUT2D eigenvalue weighted by molar-refractivity contribution is 6.31. The number of nitrogens with zero attached hydrogens (tertiary/aromatic N) is 2. The number of ether oxygens (including phenoxy) is 1. The number of carboxylic acids is 1. The lowest BCUT2D eigenvalue weighted by Gasteiger charge is -2.23. The molecular weight excluding hydrogens is 619 g/mol. The molecule has 226 valence electrons. The average Bonchev–Trinajstić information content (AvgIpc) is 3.51. The fourth-order valence-corrected chi connectivity index (χ4v) is 4.38. The summed E-state index contributed by atoms with van der Waals surface area (Å²) in [7, 11) is 0. The molecule has 43 heavy (non-hydrogen) atoms. The number of aryl methyl sites for hydroxylation is 1. The highest BCUT2D eigenvalue weighted by Gasteiger charge is 2.32. The number of esters is 1. The summed E-state index contributed by atoms with van der Waals surface area (Å²) in [5.74, 6) is -7.00. The van der Waals surface area contributed by atoms with Gasteiger partial charge in [0, 0.05) is 21.7 Å². The van der Waals surface area contributed by atoms with Crippen molar-refractivity contribution in [2.75, 3.05) is 0 Å². The molecule has 0 aliphatic heterocycles. The van der Waals surface area contributed by atoms with Crippen LogP contribution in [0.1, 0.15) is 43.6 Å². The van der Waals surface area contributed by atoms with Crippen LogP contribution in [0.2, 0.25) is 10.0 Å². The molecule has 0 radical (unpaired) electrons. The van der Waals surface area contributed by atoms with Crippen molar-refractivity contribution in [2.24, 2.45) is 0 Å². The number of aromatic nitrogens is 2. The Labute approximate surface area is 250 Å². The number of halogens is 4. The summed E-state index contributed by atoms with van der Waals surface area (Å²) in [6, 6.07) is 7.50. The van der Waals surface area contributed by atoms with E-state index in [0.29, 0.717) is 10.2 Å². The molecule has 4 aromatic rings. The van der Waals surface area contributed by atoms with Gasteiger partial charge in [-0.25, -0.2) is 23.2 Å². The Morgan fingerprint density at radius 3 is 2.40 bits per heavy atom. The predicted molar refractivity (Wildman–Crippen MR) is 144 cm³/mol. The second-order valence-electron chi connectivity index (χ2n) is 9.09. The van der Waals surface area contributed by atoms with Crippen LogP contribution in [-0.4, -0.2) is 50.0 Å². The van der Waals surface area contributed by atoms with Crippen LogP contribution in [-0.2, 0) is 29.1 Å². The van der Waals surface area contributed by atoms with Gasteiger partial charge in [0.1, 0.15) is 17.3 Å². The van der Waals surface area contributed by atoms with Gasteiger partial charge in [-0.2, -0.15) is 5.10 Å². The normalized spacial score (nSPS) is 12.5. The van der Waals surface area contributed by atoms with Gasteiger partial charge in [0.05, 0.1) is 12.6 Å². The lowest BCUT2D eigenvalue weighted by molar-refractivity contribution is -0.156. The number of aliphatic hydroxyl groups excluding tert-OH is 1. The number of amides is 1. The molecule has 0 bridgehead atoms. The molecule has 1 amide bonds. The Morgan fingerprint density at radius 2 is 1.79 bits per heavy atom. The lowest BCUT2D eigenvalue weighted by atomic mass is 10.0. The van der Waals surface area contributed by atoms with Crippen molar-refractivity contribution in [3.63, 3.8) is 0 Å². The van der Waals surface area contributed by atoms with E-state index >= 15 is 0 Å². The van der Waals surface area contributed by atoms with E-state index < -0.39 is 77.6 Å². The highest BCUT2D eigenvalue weighted by atomic mass is 35.5. The SMILES string of the molecule is Cc1oc(=O)oc1COC(=O)[C@H](O)[C@@H](Cc1ccccc1Cl)NC(=O)c1cc(C(=O)O)n(Cc2c(F)cc(Cl)cc2F)n1. The summed E-state index contributed by atoms with van der Waals surface area (Å²) < 4.78 is 43.9. The third kappa shape index (κ3) is 7.46. The number of carboxylic acid groups (broad SMARTS) is 1. The fourth-order valence-electron chi connectivity index (χ4n) is 3.97. The number of hydrogen-bond acceptors (Lipinski definition) is 9. The molecule has 2 atom stereocenters. The highest BCUT2D eigenvalue weighted by Crippen LogP contribution is 2.22. The maximum Gasteiger partial charge on any atom is 0.519 e. The molecule has 0 saturated carbocycles. The van der Waals surface area contributed by atoms with E-state index in [1.54, 1.807) is 24.3 Å². The van der Waals surface area contributed by atoms with Gasteiger partial charge in [-0.3, -0.25) is 9.48 Å². The van der Waals surface area contributed by atoms with Crippen LogP contribution in [0.5, 0.6) is 0 Å². The van der Waals surface area contributed by atoms with Crippen LogP contribution >= 0.6 is 23.2 Å². The van der Waals surface area contributed by atoms with Crippen LogP contribution < -0.4 is 11.1 Å². The van der Waals surface area contributed by atoms with E-state index in [2.05, 4.69) is 14.8 Å². The zero-order chi connectivity index (χ0) is 31.4. The molecule has 0 spiro atoms. The molecule has 2 aromatic heterocycles. The number of benzene rings is 2. The van der Waals surface area contributed by atoms with Gasteiger partial charge < -0.3 is 29.1 Å². The van der Waals surface area contributed by atoms with Crippen molar-refractivity contribution in [2.45, 2.75) is 38.6 Å². The van der Waals surface area contributed by atoms with Gasteiger partial charge >= 0.3 is 17.8 Å². The van der Waals surface area contributed by atoms with Crippen LogP contribution in [0, 0.1) is 18.6 Å². The van der Waals surface area contributed by atoms with E-state index in [1.807, 2.05) is 0 Å². The van der Waals surface area contributed by atoms with E-state index in [1.165, 1.54) is 6.92 Å². The largest absolute Gasteiger partial charge is 0.519 e. The summed E-state index contributed by atoms with van der Waals surface area (Å²) in [4.78, 5) is 49.0. The summed E-state index contributed by atoms with van der Waals surface area (Å²) in [5, 5.41) is 26.8. The van der Waals surface area contributed by atoms with Crippen molar-refractivity contribution in [1.82, 2.24) is 15.1 Å². The summed E-state index contributed by atoms with van der Waals surface area (Å²) >= 11 is 11.9. The van der Waals surface area contributed by atoms with Crippen molar-refractivity contribution in [3.8, 4) is 0 Å². The Hall–Kier alpha value is -4.53. The zero-order valence-electron chi connectivity index (χ0n) is 22.0. The predicted octanol–water partition coefficient (Wildman–Crippen LogP) is 3.51. The molecule has 0 aliphatic rings. The second kappa shape index (κ2) is 13.2. The molecular formula is C27H21Cl2F2N3O9. The average molecular weight is 640 g/mol. The van der Waals surface area contributed by atoms with Crippen molar-refractivity contribution in [1.29, 1.82) is 0 Å². The van der Waals surface area contributed by atoms with E-state index in [0.717, 1.165) is 18.2 Å². The lowest BCUT2D eigenvalue weighted by Crippen LogP contribution is -2.49. The van der Waals surface area contributed by atoms with Crippen LogP contribution in [0.4, 0.5) is 8.78 Å². The zero-order valence-corrected chi connectivity index (χ0v) is 23.5. The molecule has 16 heteroatoms. The van der Waals surface area contributed by atoms with Crippen molar-refractivity contribution < 1.29 is 46.9 Å². The fraction of sp³-hybridized carbons (Fsp3) is 0.222. The minimum absolute atomic E-state index is 0.0522. The number of nitrogens with one attached hydrogen (secondary N) is 1. The minimum atomic E-state index is -2.00. The van der Waals surface area contributed by atoms with Crippen molar-refractivity contribution in [3.05, 3.63) is 109 Å². The summed E-state index contributed by atoms with van der Waals surface area (Å²) in [5.41, 5.74) is -1.23. The number of aromatic carboxylic acids is 1. The van der Waals surface area contributed by atoms with Gasteiger partial charge in [-0.1, -0.05) is 41.4 Å². The Balaban J connectivity index is 1.59. The Morgan fingerprint density at radius 1 is 1.12 bits per heavy atom. The number of rotatable bonds is 11. The van der Waals surface area contributed by atoms with E-state index in [-0.39, 0.29) is 28.0 Å². The minimum Gasteiger partial charge on any atom is -0.477 e. The van der Waals surface area contributed by atoms with E-state index in [9.17, 15) is 38.2 Å². The van der Waals surface area contributed by atoms with Gasteiger partial charge in [0.25, 0.3) is 5.91 Å². The van der Waals surface area contributed by atoms with Crippen LogP contribution in [0.25, 0.3) is 0 Å². The third-order valence-electron chi connectivity index (χ3n) is 6.16. The molecule has 2 aromatic carbocycles. The number of carbonyl (C=O) groups is 3. The number of aliphatic hydroxyl groups is 1. The van der Waals surface area contributed by atoms with Crippen LogP contribution in [0.3, 0.4) is 0 Å². The molecule has 0 saturated heterocycles. The third-order valence-corrected chi connectivity index (χ3v) is 6.75. The molecule has 2 heterocycles. The maximum absolute atomic E-state index is 14.4. The molecule has 3 N–H and O–H groups in total. The smallest absolute Gasteiger partial charge is 0.477 e. The first kappa shape index (κ1) is 31.4. The summed E-state index contributed by atoms with van der Waals surface area (Å²) in [6.45, 7) is 0.126. The first-order valence-electron chi connectivity index (χ1n) is 12.3. The quantitative estimate of drug-likeness (QED) is 0.206. The van der Waals surface area contributed by atoms with Gasteiger partial charge in [0.15, 0.2) is 29.9 Å². The molecule has 0 fully saturated rings. The van der Waals surface area contributed by atoms with Gasteiger partial charge in [0.2, 0.25) is 0 Å². The standard InChI is InChI=1S/C27H21Cl2F2N3O9/c1-12-22(43-27(40)42-12)11-41-26(39)23(35)19(6-13-4-2-3-5-16(13)29)32-24(36)20-9-21(25(37)38)34(33-20)10-15-17(30)7-14(28)8-18(15)31/h2-5,7-9,19,23,35H,6,10-11H2,1H3,(H,32,36)(H,37,38)/t19-,23-/m1/s1. The summed E-state index contributed by atoms with van der Waals surface area (Å²) in [6.07, 6.45) is -2.20. The van der Waals surface area contributed by atoms with Gasteiger partial charge in [-0.05, 0) is 37.1 Å². The number of carbonyl (C=O) groups excluding carboxylic acids is 2. The monoisotopic (exact) mass is 639 g/mol. The first-order chi connectivity index (χ1) is 20.3. The first-order valence-corrected chi connectivity index (χ1v) is 13.0. The van der Waals surface area contributed by atoms with Crippen LogP contribution in [0.15, 0.2) is 56.1 Å². The Kier molecular flexibility index (Phi) is 9.63. The van der Waals surface area contributed by atoms with E-state index in [4.69, 9.17) is 32.4 Å². The second-order valence-corrected chi connectivity index (χ2v) is 9.93. The molecule has 0 unspecified atom stereocenters. The number of hydrogen-bond donors (Lipinski definition) is 3. The maximum atomic E-state index is 14.4.